The third kappa shape index (κ3) is 8.11. The Balaban J connectivity index is 6.71. The van der Waals surface area contributed by atoms with E-state index >= 15 is 4.39 Å². The summed E-state index contributed by atoms with van der Waals surface area (Å²) in [6.07, 6.45) is -4.47. The first-order chi connectivity index (χ1) is 12.4. The zero-order chi connectivity index (χ0) is 22.6. The molecule has 0 spiro atoms. The van der Waals surface area contributed by atoms with Crippen LogP contribution in [0, 0.1) is 0 Å². The van der Waals surface area contributed by atoms with E-state index in [0.717, 1.165) is 0 Å². The third-order valence-electron chi connectivity index (χ3n) is 2.92. The zero-order valence-corrected chi connectivity index (χ0v) is 20.2. The van der Waals surface area contributed by atoms with Crippen molar-refractivity contribution in [3.8, 4) is 0 Å². The maximum absolute atomic E-state index is 16.5. The molecule has 0 atom stereocenters. The normalized spacial score (nSPS) is 14.6. The van der Waals surface area contributed by atoms with Crippen LogP contribution in [0.1, 0.15) is 61.8 Å². The highest BCUT2D eigenvalue weighted by Gasteiger charge is 2.68. The summed E-state index contributed by atoms with van der Waals surface area (Å²) in [5.41, 5.74) is 0. The van der Waals surface area contributed by atoms with E-state index < -0.39 is 67.1 Å². The molecule has 0 aliphatic carbocycles. The van der Waals surface area contributed by atoms with Gasteiger partial charge in [-0.25, -0.2) is 4.39 Å². The number of halogens is 1. The van der Waals surface area contributed by atoms with Gasteiger partial charge in [0.05, 0.1) is 30.2 Å². The maximum Gasteiger partial charge on any atom is 0.380 e. The molecule has 0 aromatic carbocycles. The SMILES string of the molecule is CC(C)OP(=O)(OC(C)C)C(F)(CCS(=O)(=O)O)P(=O)(OC(C)C)OC(C)C. The van der Waals surface area contributed by atoms with E-state index in [1.54, 1.807) is 0 Å². The number of hydrogen-bond acceptors (Lipinski definition) is 8. The summed E-state index contributed by atoms with van der Waals surface area (Å²) in [7, 11) is -14.6. The summed E-state index contributed by atoms with van der Waals surface area (Å²) in [5.74, 6) is -1.19. The molecular formula is C15H33FO9P2S. The highest BCUT2D eigenvalue weighted by molar-refractivity contribution is 7.85. The van der Waals surface area contributed by atoms with E-state index in [9.17, 15) is 17.5 Å². The minimum atomic E-state index is -4.93. The third-order valence-corrected chi connectivity index (χ3v) is 10.0. The van der Waals surface area contributed by atoms with Gasteiger partial charge >= 0.3 is 20.3 Å². The van der Waals surface area contributed by atoms with Gasteiger partial charge in [-0.05, 0) is 55.4 Å². The first-order valence-electron chi connectivity index (χ1n) is 8.95. The summed E-state index contributed by atoms with van der Waals surface area (Å²) in [6.45, 7) is 11.6. The van der Waals surface area contributed by atoms with Crippen molar-refractivity contribution in [1.29, 1.82) is 0 Å². The fraction of sp³-hybridized carbons (Fsp3) is 1.00. The lowest BCUT2D eigenvalue weighted by Crippen LogP contribution is -2.34. The molecule has 0 amide bonds. The predicted molar refractivity (Wildman–Crippen MR) is 105 cm³/mol. The quantitative estimate of drug-likeness (QED) is 0.293. The van der Waals surface area contributed by atoms with Crippen LogP contribution in [0.15, 0.2) is 0 Å². The molecule has 0 unspecified atom stereocenters. The molecule has 0 fully saturated rings. The van der Waals surface area contributed by atoms with E-state index in [1.165, 1.54) is 55.4 Å². The van der Waals surface area contributed by atoms with Crippen LogP contribution >= 0.6 is 15.2 Å². The summed E-state index contributed by atoms with van der Waals surface area (Å²) in [6, 6.07) is 0. The molecular weight excluding hydrogens is 437 g/mol. The molecule has 0 heterocycles. The van der Waals surface area contributed by atoms with Gasteiger partial charge in [-0.3, -0.25) is 13.7 Å². The molecule has 0 saturated carbocycles. The Bertz CT molecular complexity index is 626. The Labute approximate surface area is 167 Å². The van der Waals surface area contributed by atoms with Crippen molar-refractivity contribution in [3.63, 3.8) is 0 Å². The average Bonchev–Trinajstić information content (AvgIpc) is 2.39. The van der Waals surface area contributed by atoms with Gasteiger partial charge in [0.25, 0.3) is 10.1 Å². The summed E-state index contributed by atoms with van der Waals surface area (Å²) < 4.78 is 96.2. The first kappa shape index (κ1) is 28.1. The smallest absolute Gasteiger partial charge is 0.303 e. The molecule has 0 aromatic rings. The van der Waals surface area contributed by atoms with E-state index in [0.29, 0.717) is 0 Å². The highest BCUT2D eigenvalue weighted by atomic mass is 32.2. The monoisotopic (exact) mass is 470 g/mol. The van der Waals surface area contributed by atoms with Crippen LogP contribution in [-0.2, 0) is 37.3 Å². The Morgan fingerprint density at radius 1 is 0.786 bits per heavy atom. The Kier molecular flexibility index (Phi) is 10.5. The highest BCUT2D eigenvalue weighted by Crippen LogP contribution is 2.81. The Morgan fingerprint density at radius 2 is 1.04 bits per heavy atom. The summed E-state index contributed by atoms with van der Waals surface area (Å²) >= 11 is 0. The lowest BCUT2D eigenvalue weighted by Gasteiger charge is -2.39. The van der Waals surface area contributed by atoms with Crippen molar-refractivity contribution < 1.29 is 44.6 Å². The molecule has 0 aromatic heterocycles. The van der Waals surface area contributed by atoms with Crippen molar-refractivity contribution >= 4 is 25.3 Å². The van der Waals surface area contributed by atoms with Gasteiger partial charge in [0, 0.05) is 6.42 Å². The molecule has 0 radical (unpaired) electrons. The summed E-state index contributed by atoms with van der Waals surface area (Å²) in [4.78, 5) is 0. The van der Waals surface area contributed by atoms with Crippen molar-refractivity contribution in [1.82, 2.24) is 0 Å². The Morgan fingerprint density at radius 3 is 1.21 bits per heavy atom. The minimum absolute atomic E-state index is 0.822. The van der Waals surface area contributed by atoms with Crippen LogP contribution in [0.5, 0.6) is 0 Å². The topological polar surface area (TPSA) is 125 Å². The second kappa shape index (κ2) is 10.4. The summed E-state index contributed by atoms with van der Waals surface area (Å²) in [5, 5.41) is -3.47. The number of rotatable bonds is 13. The first-order valence-corrected chi connectivity index (χ1v) is 13.6. The van der Waals surface area contributed by atoms with Gasteiger partial charge in [-0.2, -0.15) is 8.42 Å². The standard InChI is InChI=1S/C15H33FO9P2S/c1-11(2)22-26(17,23-12(3)4)15(16,9-10-28(19,20)21)27(18,24-13(5)6)25-14(7)8/h11-14H,9-10H2,1-8H3,(H,19,20,21). The van der Waals surface area contributed by atoms with Crippen LogP contribution in [0.25, 0.3) is 0 Å². The second-order valence-electron chi connectivity index (χ2n) is 7.37. The van der Waals surface area contributed by atoms with Crippen LogP contribution in [-0.4, -0.2) is 48.3 Å². The van der Waals surface area contributed by atoms with Crippen molar-refractivity contribution in [2.24, 2.45) is 0 Å². The molecule has 13 heteroatoms. The van der Waals surface area contributed by atoms with Crippen LogP contribution < -0.4 is 0 Å². The lowest BCUT2D eigenvalue weighted by molar-refractivity contribution is 0.0798. The zero-order valence-electron chi connectivity index (χ0n) is 17.6. The molecule has 0 saturated heterocycles. The van der Waals surface area contributed by atoms with Crippen molar-refractivity contribution in [2.75, 3.05) is 5.75 Å². The fourth-order valence-corrected chi connectivity index (χ4v) is 8.51. The molecule has 1 N–H and O–H groups in total. The van der Waals surface area contributed by atoms with Gasteiger partial charge in [-0.15, -0.1) is 0 Å². The molecule has 0 rings (SSSR count). The van der Waals surface area contributed by atoms with Crippen molar-refractivity contribution in [3.05, 3.63) is 0 Å². The molecule has 28 heavy (non-hydrogen) atoms. The lowest BCUT2D eigenvalue weighted by atomic mass is 10.5. The van der Waals surface area contributed by atoms with E-state index in [1.807, 2.05) is 0 Å². The minimum Gasteiger partial charge on any atom is -0.303 e. The maximum atomic E-state index is 16.5. The molecule has 0 aliphatic heterocycles. The molecule has 170 valence electrons. The van der Waals surface area contributed by atoms with Crippen LogP contribution in [0.3, 0.4) is 0 Å². The predicted octanol–water partition coefficient (Wildman–Crippen LogP) is 4.97. The largest absolute Gasteiger partial charge is 0.380 e. The number of hydrogen-bond donors (Lipinski definition) is 1. The second-order valence-corrected chi connectivity index (χ2v) is 13.5. The van der Waals surface area contributed by atoms with Crippen LogP contribution in [0.2, 0.25) is 0 Å². The van der Waals surface area contributed by atoms with Gasteiger partial charge in [-0.1, -0.05) is 0 Å². The van der Waals surface area contributed by atoms with Gasteiger partial charge in [0.15, 0.2) is 0 Å². The van der Waals surface area contributed by atoms with Gasteiger partial charge in [0.2, 0.25) is 0 Å². The van der Waals surface area contributed by atoms with Crippen molar-refractivity contribution in [2.45, 2.75) is 91.4 Å². The average molecular weight is 470 g/mol. The van der Waals surface area contributed by atoms with Gasteiger partial charge in [0.1, 0.15) is 0 Å². The molecule has 0 bridgehead atoms. The van der Waals surface area contributed by atoms with Gasteiger partial charge < -0.3 is 18.1 Å². The van der Waals surface area contributed by atoms with E-state index in [2.05, 4.69) is 0 Å². The van der Waals surface area contributed by atoms with E-state index in [-0.39, 0.29) is 0 Å². The van der Waals surface area contributed by atoms with Crippen LogP contribution in [0.4, 0.5) is 4.39 Å². The van der Waals surface area contributed by atoms with E-state index in [4.69, 9.17) is 22.6 Å². The Hall–Kier alpha value is 0.140. The molecule has 0 aliphatic rings. The fourth-order valence-electron chi connectivity index (χ4n) is 2.17. The molecule has 9 nitrogen and oxygen atoms in total. The number of alkyl halides is 1.